The number of para-hydroxylation sites is 1. The van der Waals surface area contributed by atoms with Crippen LogP contribution in [-0.2, 0) is 12.8 Å². The van der Waals surface area contributed by atoms with Crippen LogP contribution >= 0.6 is 0 Å². The summed E-state index contributed by atoms with van der Waals surface area (Å²) in [5, 5.41) is 1.31. The number of hydrogen-bond acceptors (Lipinski definition) is 1. The highest BCUT2D eigenvalue weighted by atomic mass is 16.2. The minimum atomic E-state index is 0.202. The Morgan fingerprint density at radius 1 is 1.25 bits per heavy atom. The van der Waals surface area contributed by atoms with Gasteiger partial charge >= 0.3 is 0 Å². The maximum atomic E-state index is 12.8. The summed E-state index contributed by atoms with van der Waals surface area (Å²) in [6, 6.07) is 6.99. The maximum Gasteiger partial charge on any atom is 0.270 e. The van der Waals surface area contributed by atoms with Gasteiger partial charge in [-0.15, -0.1) is 0 Å². The molecule has 3 heteroatoms. The van der Waals surface area contributed by atoms with Gasteiger partial charge in [0.1, 0.15) is 5.69 Å². The van der Waals surface area contributed by atoms with Crippen LogP contribution in [0.4, 0.5) is 0 Å². The predicted octanol–water partition coefficient (Wildman–Crippen LogP) is 3.17. The van der Waals surface area contributed by atoms with Gasteiger partial charge in [-0.05, 0) is 43.7 Å². The van der Waals surface area contributed by atoms with E-state index in [1.165, 1.54) is 22.0 Å². The smallest absolute Gasteiger partial charge is 0.270 e. The topological polar surface area (TPSA) is 25.2 Å². The number of carbonyl (C=O) groups excluding carboxylic acids is 1. The lowest BCUT2D eigenvalue weighted by Crippen LogP contribution is -2.29. The first kappa shape index (κ1) is 12.0. The quantitative estimate of drug-likeness (QED) is 0.720. The lowest BCUT2D eigenvalue weighted by Gasteiger charge is -2.25. The van der Waals surface area contributed by atoms with Crippen molar-refractivity contribution in [1.29, 1.82) is 0 Å². The van der Waals surface area contributed by atoms with Crippen LogP contribution in [0.25, 0.3) is 10.9 Å². The lowest BCUT2D eigenvalue weighted by atomic mass is 9.98. The molecular weight excluding hydrogens is 248 g/mol. The SMILES string of the molecule is C[C@@H]1CCc2cccc3c4c(n1c23)C(=O)N(C)CCC4. The van der Waals surface area contributed by atoms with Gasteiger partial charge in [0.25, 0.3) is 5.91 Å². The van der Waals surface area contributed by atoms with Crippen molar-refractivity contribution in [1.82, 2.24) is 9.47 Å². The molecule has 3 nitrogen and oxygen atoms in total. The molecular formula is C17H20N2O. The second-order valence-corrected chi connectivity index (χ2v) is 6.23. The van der Waals surface area contributed by atoms with Crippen molar-refractivity contribution >= 4 is 16.8 Å². The Kier molecular flexibility index (Phi) is 2.47. The molecule has 0 aliphatic carbocycles. The molecule has 2 aromatic rings. The van der Waals surface area contributed by atoms with Crippen LogP contribution < -0.4 is 0 Å². The van der Waals surface area contributed by atoms with Gasteiger partial charge in [0.15, 0.2) is 0 Å². The van der Waals surface area contributed by atoms with Gasteiger partial charge in [0.2, 0.25) is 0 Å². The van der Waals surface area contributed by atoms with E-state index >= 15 is 0 Å². The van der Waals surface area contributed by atoms with E-state index in [2.05, 4.69) is 29.7 Å². The molecule has 2 aliphatic heterocycles. The highest BCUT2D eigenvalue weighted by Crippen LogP contribution is 2.39. The van der Waals surface area contributed by atoms with E-state index in [0.717, 1.165) is 37.9 Å². The van der Waals surface area contributed by atoms with E-state index in [9.17, 15) is 4.79 Å². The molecule has 0 saturated heterocycles. The third kappa shape index (κ3) is 1.43. The summed E-state index contributed by atoms with van der Waals surface area (Å²) in [5.41, 5.74) is 4.97. The van der Waals surface area contributed by atoms with Gasteiger partial charge in [-0.25, -0.2) is 0 Å². The molecule has 0 unspecified atom stereocenters. The fourth-order valence-corrected chi connectivity index (χ4v) is 3.90. The third-order valence-corrected chi connectivity index (χ3v) is 4.95. The van der Waals surface area contributed by atoms with E-state index in [1.54, 1.807) is 0 Å². The van der Waals surface area contributed by atoms with E-state index in [-0.39, 0.29) is 5.91 Å². The molecule has 1 amide bonds. The number of amides is 1. The van der Waals surface area contributed by atoms with Gasteiger partial charge in [0, 0.05) is 25.0 Å². The largest absolute Gasteiger partial charge is 0.340 e. The van der Waals surface area contributed by atoms with Crippen LogP contribution in [0.3, 0.4) is 0 Å². The zero-order chi connectivity index (χ0) is 13.9. The first-order valence-corrected chi connectivity index (χ1v) is 7.58. The van der Waals surface area contributed by atoms with Crippen LogP contribution in [0, 0.1) is 0 Å². The van der Waals surface area contributed by atoms with E-state index < -0.39 is 0 Å². The van der Waals surface area contributed by atoms with E-state index in [4.69, 9.17) is 0 Å². The molecule has 0 saturated carbocycles. The molecule has 0 spiro atoms. The molecule has 104 valence electrons. The summed E-state index contributed by atoms with van der Waals surface area (Å²) in [7, 11) is 1.93. The zero-order valence-corrected chi connectivity index (χ0v) is 12.1. The summed E-state index contributed by atoms with van der Waals surface area (Å²) in [5.74, 6) is 0.202. The number of fused-ring (bicyclic) bond motifs is 3. The van der Waals surface area contributed by atoms with Crippen molar-refractivity contribution in [2.24, 2.45) is 0 Å². The normalized spacial score (nSPS) is 22.0. The monoisotopic (exact) mass is 268 g/mol. The average molecular weight is 268 g/mol. The number of carbonyl (C=O) groups is 1. The van der Waals surface area contributed by atoms with Gasteiger partial charge < -0.3 is 9.47 Å². The summed E-state index contributed by atoms with van der Waals surface area (Å²) < 4.78 is 2.33. The molecule has 2 aliphatic rings. The standard InChI is InChI=1S/C17H20N2O/c1-11-8-9-12-5-3-6-13-14-7-4-10-18(2)17(20)16(14)19(11)15(12)13/h3,5-6,11H,4,7-10H2,1-2H3/t11-/m1/s1. The van der Waals surface area contributed by atoms with Gasteiger partial charge in [-0.2, -0.15) is 0 Å². The van der Waals surface area contributed by atoms with Crippen molar-refractivity contribution in [2.45, 2.75) is 38.6 Å². The highest BCUT2D eigenvalue weighted by Gasteiger charge is 2.31. The van der Waals surface area contributed by atoms with Gasteiger partial charge in [-0.3, -0.25) is 4.79 Å². The maximum absolute atomic E-state index is 12.8. The van der Waals surface area contributed by atoms with Crippen LogP contribution in [0.2, 0.25) is 0 Å². The fourth-order valence-electron chi connectivity index (χ4n) is 3.90. The third-order valence-electron chi connectivity index (χ3n) is 4.95. The van der Waals surface area contributed by atoms with Crippen molar-refractivity contribution < 1.29 is 4.79 Å². The lowest BCUT2D eigenvalue weighted by molar-refractivity contribution is 0.0788. The van der Waals surface area contributed by atoms with Crippen molar-refractivity contribution in [3.63, 3.8) is 0 Å². The average Bonchev–Trinajstić information content (AvgIpc) is 2.71. The van der Waals surface area contributed by atoms with Crippen LogP contribution in [0.1, 0.15) is 47.4 Å². The van der Waals surface area contributed by atoms with Crippen molar-refractivity contribution in [3.05, 3.63) is 35.0 Å². The van der Waals surface area contributed by atoms with Crippen molar-refractivity contribution in [3.8, 4) is 0 Å². The number of benzene rings is 1. The number of aromatic nitrogens is 1. The molecule has 0 radical (unpaired) electrons. The Morgan fingerprint density at radius 2 is 2.10 bits per heavy atom. The molecule has 1 aromatic carbocycles. The Morgan fingerprint density at radius 3 is 2.95 bits per heavy atom. The number of nitrogens with zero attached hydrogens (tertiary/aromatic N) is 2. The Labute approximate surface area is 119 Å². The molecule has 1 atom stereocenters. The van der Waals surface area contributed by atoms with Crippen LogP contribution in [0.5, 0.6) is 0 Å². The Bertz CT molecular complexity index is 713. The minimum absolute atomic E-state index is 0.202. The minimum Gasteiger partial charge on any atom is -0.340 e. The summed E-state index contributed by atoms with van der Waals surface area (Å²) in [6.07, 6.45) is 4.34. The molecule has 0 bridgehead atoms. The Balaban J connectivity index is 2.13. The predicted molar refractivity (Wildman–Crippen MR) is 80.3 cm³/mol. The molecule has 3 heterocycles. The summed E-state index contributed by atoms with van der Waals surface area (Å²) in [6.45, 7) is 3.11. The fraction of sp³-hybridized carbons (Fsp3) is 0.471. The molecule has 0 N–H and O–H groups in total. The van der Waals surface area contributed by atoms with Gasteiger partial charge in [-0.1, -0.05) is 18.2 Å². The molecule has 1 aromatic heterocycles. The molecule has 20 heavy (non-hydrogen) atoms. The zero-order valence-electron chi connectivity index (χ0n) is 12.1. The van der Waals surface area contributed by atoms with E-state index in [0.29, 0.717) is 6.04 Å². The Hall–Kier alpha value is -1.77. The van der Waals surface area contributed by atoms with Crippen LogP contribution in [0.15, 0.2) is 18.2 Å². The first-order chi connectivity index (χ1) is 9.68. The van der Waals surface area contributed by atoms with Crippen LogP contribution in [-0.4, -0.2) is 29.0 Å². The van der Waals surface area contributed by atoms with Crippen molar-refractivity contribution in [2.75, 3.05) is 13.6 Å². The number of rotatable bonds is 0. The molecule has 0 fully saturated rings. The highest BCUT2D eigenvalue weighted by molar-refractivity contribution is 6.03. The second kappa shape index (κ2) is 4.11. The second-order valence-electron chi connectivity index (χ2n) is 6.23. The first-order valence-electron chi connectivity index (χ1n) is 7.58. The van der Waals surface area contributed by atoms with E-state index in [1.807, 2.05) is 11.9 Å². The van der Waals surface area contributed by atoms with Gasteiger partial charge in [0.05, 0.1) is 5.52 Å². The summed E-state index contributed by atoms with van der Waals surface area (Å²) in [4.78, 5) is 14.7. The summed E-state index contributed by atoms with van der Waals surface area (Å²) >= 11 is 0. The number of hydrogen-bond donors (Lipinski definition) is 0. The molecule has 4 rings (SSSR count). The number of aryl methyl sites for hydroxylation is 2.